The highest BCUT2D eigenvalue weighted by molar-refractivity contribution is 7.17. The average Bonchev–Trinajstić information content (AvgIpc) is 2.90. The van der Waals surface area contributed by atoms with E-state index in [1.807, 2.05) is 0 Å². The molecule has 1 aliphatic rings. The van der Waals surface area contributed by atoms with E-state index in [2.05, 4.69) is 25.7 Å². The summed E-state index contributed by atoms with van der Waals surface area (Å²) in [5.41, 5.74) is 0. The van der Waals surface area contributed by atoms with Crippen LogP contribution in [-0.4, -0.2) is 26.3 Å². The molecule has 0 aromatic carbocycles. The molecule has 1 aliphatic carbocycles. The molecule has 2 aromatic rings. The first kappa shape index (κ1) is 10.6. The molecule has 3 rings (SSSR count). The Labute approximate surface area is 104 Å². The van der Waals surface area contributed by atoms with E-state index in [1.165, 1.54) is 0 Å². The highest BCUT2D eigenvalue weighted by Gasteiger charge is 2.29. The summed E-state index contributed by atoms with van der Waals surface area (Å²) in [4.78, 5) is 11.6. The van der Waals surface area contributed by atoms with Crippen LogP contribution in [0.3, 0.4) is 0 Å². The van der Waals surface area contributed by atoms with Crippen molar-refractivity contribution in [3.63, 3.8) is 0 Å². The molecule has 1 amide bonds. The standard InChI is InChI=1S/C8H6ClN5O2S/c9-7-13-12-6(17-7)4(15)10-8-14-11-5(16-8)3-1-2-3/h3H,1-2H2,(H,10,14,15). The van der Waals surface area contributed by atoms with Gasteiger partial charge in [-0.1, -0.05) is 16.4 Å². The van der Waals surface area contributed by atoms with Gasteiger partial charge in [0.2, 0.25) is 15.4 Å². The smallest absolute Gasteiger partial charge is 0.322 e. The van der Waals surface area contributed by atoms with E-state index >= 15 is 0 Å². The van der Waals surface area contributed by atoms with E-state index in [4.69, 9.17) is 16.0 Å². The van der Waals surface area contributed by atoms with Gasteiger partial charge in [0.05, 0.1) is 0 Å². The molecule has 0 radical (unpaired) electrons. The Morgan fingerprint density at radius 3 is 2.82 bits per heavy atom. The molecule has 0 atom stereocenters. The lowest BCUT2D eigenvalue weighted by molar-refractivity contribution is 0.102. The summed E-state index contributed by atoms with van der Waals surface area (Å²) < 4.78 is 5.48. The largest absolute Gasteiger partial charge is 0.408 e. The van der Waals surface area contributed by atoms with Crippen LogP contribution in [0.5, 0.6) is 0 Å². The maximum absolute atomic E-state index is 11.6. The number of halogens is 1. The molecule has 0 spiro atoms. The molecular formula is C8H6ClN5O2S. The van der Waals surface area contributed by atoms with E-state index in [9.17, 15) is 4.79 Å². The third-order valence-electron chi connectivity index (χ3n) is 2.18. The number of hydrogen-bond acceptors (Lipinski definition) is 7. The van der Waals surface area contributed by atoms with Crippen LogP contribution in [0.25, 0.3) is 0 Å². The fourth-order valence-electron chi connectivity index (χ4n) is 1.23. The van der Waals surface area contributed by atoms with Gasteiger partial charge in [0, 0.05) is 5.92 Å². The number of amides is 1. The Morgan fingerprint density at radius 1 is 1.35 bits per heavy atom. The van der Waals surface area contributed by atoms with Crippen molar-refractivity contribution < 1.29 is 9.21 Å². The summed E-state index contributed by atoms with van der Waals surface area (Å²) in [5.74, 6) is 0.458. The quantitative estimate of drug-likeness (QED) is 0.913. The lowest BCUT2D eigenvalue weighted by Gasteiger charge is -1.93. The molecule has 0 aliphatic heterocycles. The monoisotopic (exact) mass is 271 g/mol. The molecule has 0 saturated heterocycles. The van der Waals surface area contributed by atoms with Gasteiger partial charge < -0.3 is 4.42 Å². The second-order valence-electron chi connectivity index (χ2n) is 3.53. The van der Waals surface area contributed by atoms with Crippen molar-refractivity contribution in [2.45, 2.75) is 18.8 Å². The van der Waals surface area contributed by atoms with Gasteiger partial charge in [-0.25, -0.2) is 0 Å². The highest BCUT2D eigenvalue weighted by Crippen LogP contribution is 2.39. The minimum atomic E-state index is -0.458. The number of rotatable bonds is 3. The Morgan fingerprint density at radius 2 is 2.18 bits per heavy atom. The van der Waals surface area contributed by atoms with Crippen molar-refractivity contribution in [1.29, 1.82) is 0 Å². The molecular weight excluding hydrogens is 266 g/mol. The summed E-state index contributed by atoms with van der Waals surface area (Å²) in [6.45, 7) is 0. The number of nitrogens with one attached hydrogen (secondary N) is 1. The second kappa shape index (κ2) is 4.04. The maximum atomic E-state index is 11.6. The summed E-state index contributed by atoms with van der Waals surface area (Å²) >= 11 is 6.56. The fourth-order valence-corrected chi connectivity index (χ4v) is 1.95. The van der Waals surface area contributed by atoms with E-state index in [0.29, 0.717) is 11.8 Å². The number of anilines is 1. The van der Waals surface area contributed by atoms with Gasteiger partial charge >= 0.3 is 6.01 Å². The van der Waals surface area contributed by atoms with Crippen LogP contribution in [0, 0.1) is 0 Å². The molecule has 1 N–H and O–H groups in total. The maximum Gasteiger partial charge on any atom is 0.322 e. The average molecular weight is 272 g/mol. The third-order valence-corrected chi connectivity index (χ3v) is 3.20. The van der Waals surface area contributed by atoms with E-state index in [1.54, 1.807) is 0 Å². The number of hydrogen-bond donors (Lipinski definition) is 1. The first-order valence-electron chi connectivity index (χ1n) is 4.86. The van der Waals surface area contributed by atoms with Crippen LogP contribution in [0.1, 0.15) is 34.5 Å². The molecule has 88 valence electrons. The molecule has 17 heavy (non-hydrogen) atoms. The molecule has 1 fully saturated rings. The van der Waals surface area contributed by atoms with Gasteiger partial charge in [-0.05, 0) is 24.4 Å². The fraction of sp³-hybridized carbons (Fsp3) is 0.375. The summed E-state index contributed by atoms with van der Waals surface area (Å²) in [7, 11) is 0. The highest BCUT2D eigenvalue weighted by atomic mass is 35.5. The van der Waals surface area contributed by atoms with Crippen LogP contribution < -0.4 is 5.32 Å². The van der Waals surface area contributed by atoms with Crippen molar-refractivity contribution in [3.8, 4) is 0 Å². The summed E-state index contributed by atoms with van der Waals surface area (Å²) in [5, 5.41) is 17.3. The first-order valence-corrected chi connectivity index (χ1v) is 6.05. The molecule has 9 heteroatoms. The lowest BCUT2D eigenvalue weighted by atomic mass is 10.4. The molecule has 2 heterocycles. The first-order chi connectivity index (χ1) is 8.22. The van der Waals surface area contributed by atoms with Gasteiger partial charge in [0.25, 0.3) is 5.91 Å². The van der Waals surface area contributed by atoms with Gasteiger partial charge in [-0.3, -0.25) is 10.1 Å². The Hall–Kier alpha value is -1.54. The van der Waals surface area contributed by atoms with Gasteiger partial charge in [0.15, 0.2) is 0 Å². The minimum absolute atomic E-state index is 0.0724. The van der Waals surface area contributed by atoms with Gasteiger partial charge in [-0.2, -0.15) is 0 Å². The lowest BCUT2D eigenvalue weighted by Crippen LogP contribution is -2.11. The van der Waals surface area contributed by atoms with Crippen LogP contribution in [0.4, 0.5) is 6.01 Å². The van der Waals surface area contributed by atoms with Crippen molar-refractivity contribution >= 4 is 34.9 Å². The Bertz CT molecular complexity index is 564. The Balaban J connectivity index is 1.71. The normalized spacial score (nSPS) is 14.9. The van der Waals surface area contributed by atoms with Crippen LogP contribution in [0.2, 0.25) is 4.47 Å². The third kappa shape index (κ3) is 2.27. The van der Waals surface area contributed by atoms with E-state index in [-0.39, 0.29) is 15.5 Å². The minimum Gasteiger partial charge on any atom is -0.408 e. The molecule has 1 saturated carbocycles. The van der Waals surface area contributed by atoms with E-state index in [0.717, 1.165) is 24.2 Å². The zero-order valence-corrected chi connectivity index (χ0v) is 9.96. The number of carbonyl (C=O) groups is 1. The molecule has 2 aromatic heterocycles. The molecule has 0 unspecified atom stereocenters. The SMILES string of the molecule is O=C(Nc1nnc(C2CC2)o1)c1nnc(Cl)s1. The summed E-state index contributed by atoms with van der Waals surface area (Å²) in [6, 6.07) is 0.0724. The van der Waals surface area contributed by atoms with Gasteiger partial charge in [-0.15, -0.1) is 15.3 Å². The zero-order chi connectivity index (χ0) is 11.8. The Kier molecular flexibility index (Phi) is 2.52. The van der Waals surface area contributed by atoms with Crippen LogP contribution in [-0.2, 0) is 0 Å². The predicted octanol–water partition coefficient (Wildman–Crippen LogP) is 1.70. The second-order valence-corrected chi connectivity index (χ2v) is 5.09. The summed E-state index contributed by atoms with van der Waals surface area (Å²) in [6.07, 6.45) is 2.11. The zero-order valence-electron chi connectivity index (χ0n) is 8.38. The molecule has 7 nitrogen and oxygen atoms in total. The van der Waals surface area contributed by atoms with Crippen molar-refractivity contribution in [1.82, 2.24) is 20.4 Å². The van der Waals surface area contributed by atoms with Crippen LogP contribution >= 0.6 is 22.9 Å². The van der Waals surface area contributed by atoms with Gasteiger partial charge in [0.1, 0.15) is 0 Å². The van der Waals surface area contributed by atoms with Crippen molar-refractivity contribution in [3.05, 3.63) is 15.4 Å². The number of nitrogens with zero attached hydrogens (tertiary/aromatic N) is 4. The number of aromatic nitrogens is 4. The van der Waals surface area contributed by atoms with Crippen molar-refractivity contribution in [2.24, 2.45) is 0 Å². The topological polar surface area (TPSA) is 93.8 Å². The van der Waals surface area contributed by atoms with E-state index < -0.39 is 5.91 Å². The molecule has 0 bridgehead atoms. The number of carbonyl (C=O) groups excluding carboxylic acids is 1. The van der Waals surface area contributed by atoms with Crippen molar-refractivity contribution in [2.75, 3.05) is 5.32 Å². The van der Waals surface area contributed by atoms with Crippen LogP contribution in [0.15, 0.2) is 4.42 Å². The predicted molar refractivity (Wildman–Crippen MR) is 59.1 cm³/mol.